The summed E-state index contributed by atoms with van der Waals surface area (Å²) in [6, 6.07) is 0. The normalized spacial score (nSPS) is 25.3. The molecule has 0 saturated heterocycles. The van der Waals surface area contributed by atoms with Crippen molar-refractivity contribution in [3.63, 3.8) is 0 Å². The molecule has 0 aromatic heterocycles. The van der Waals surface area contributed by atoms with Crippen LogP contribution >= 0.6 is 0 Å². The highest BCUT2D eigenvalue weighted by Gasteiger charge is 2.21. The Morgan fingerprint density at radius 3 is 1.48 bits per heavy atom. The van der Waals surface area contributed by atoms with E-state index >= 15 is 0 Å². The molecule has 0 amide bonds. The summed E-state index contributed by atoms with van der Waals surface area (Å²) < 4.78 is 7.88. The molecule has 0 aromatic carbocycles. The first-order chi connectivity index (χ1) is 15.4. The summed E-state index contributed by atoms with van der Waals surface area (Å²) in [5.74, 6) is 0. The van der Waals surface area contributed by atoms with Crippen molar-refractivity contribution in [2.75, 3.05) is 67.6 Å². The monoisotopic (exact) mass is 450 g/mol. The van der Waals surface area contributed by atoms with Gasteiger partial charge in [0.2, 0.25) is 0 Å². The predicted octanol–water partition coefficient (Wildman–Crippen LogP) is 5.65. The molecule has 3 heteroatoms. The van der Waals surface area contributed by atoms with Crippen LogP contribution in [0.1, 0.15) is 13.8 Å². The van der Waals surface area contributed by atoms with Crippen LogP contribution in [0.5, 0.6) is 0 Å². The second kappa shape index (κ2) is 11.3. The third kappa shape index (κ3) is 9.29. The van der Waals surface area contributed by atoms with Gasteiger partial charge in [-0.3, -0.25) is 0 Å². The van der Waals surface area contributed by atoms with E-state index in [-0.39, 0.29) is 10.8 Å². The standard InChI is InChI=1S/C30H46N2O/c1-9-29(3)17-11-13-27(15-19-29)25-31(5,6)21-23-33-24-22-32(7,8)26-28-14-12-18-30(4,10-2)20-16-28/h9-20H,1-2,21-26H2,3-8H3/q+2. The zero-order valence-electron chi connectivity index (χ0n) is 21.9. The summed E-state index contributed by atoms with van der Waals surface area (Å²) in [4.78, 5) is 0. The molecule has 0 spiro atoms. The van der Waals surface area contributed by atoms with Gasteiger partial charge >= 0.3 is 0 Å². The van der Waals surface area contributed by atoms with Crippen LogP contribution in [0.15, 0.2) is 97.2 Å². The number of allylic oxidation sites excluding steroid dienone is 10. The van der Waals surface area contributed by atoms with Crippen molar-refractivity contribution in [1.29, 1.82) is 0 Å². The Morgan fingerprint density at radius 1 is 0.727 bits per heavy atom. The number of nitrogens with zero attached hydrogens (tertiary/aromatic N) is 2. The highest BCUT2D eigenvalue weighted by molar-refractivity contribution is 5.35. The molecule has 0 fully saturated rings. The van der Waals surface area contributed by atoms with Crippen molar-refractivity contribution < 1.29 is 13.7 Å². The fraction of sp³-hybridized carbons (Fsp3) is 0.467. The van der Waals surface area contributed by atoms with Gasteiger partial charge in [0.25, 0.3) is 0 Å². The average molecular weight is 451 g/mol. The Labute approximate surface area is 203 Å². The van der Waals surface area contributed by atoms with Crippen molar-refractivity contribution in [3.8, 4) is 0 Å². The van der Waals surface area contributed by atoms with Gasteiger partial charge in [-0.25, -0.2) is 0 Å². The van der Waals surface area contributed by atoms with Crippen LogP contribution in [0.3, 0.4) is 0 Å². The second-order valence-corrected chi connectivity index (χ2v) is 11.3. The maximum Gasteiger partial charge on any atom is 0.104 e. The molecule has 2 aliphatic rings. The number of rotatable bonds is 12. The summed E-state index contributed by atoms with van der Waals surface area (Å²) >= 11 is 0. The summed E-state index contributed by atoms with van der Waals surface area (Å²) in [5.41, 5.74) is 2.55. The Bertz CT molecular complexity index is 809. The van der Waals surface area contributed by atoms with Crippen molar-refractivity contribution in [2.24, 2.45) is 10.8 Å². The SMILES string of the molecule is C=CC1(C)C=CC=C(C[N+](C)(C)CCOCC[N+](C)(C)CC2=CC=CC(C)(C=C)C=C2)C=C1. The molecule has 2 aliphatic carbocycles. The molecular formula is C30H46N2O+2. The number of ether oxygens (including phenoxy) is 1. The molecule has 0 aliphatic heterocycles. The smallest absolute Gasteiger partial charge is 0.104 e. The van der Waals surface area contributed by atoms with E-state index in [0.29, 0.717) is 0 Å². The predicted molar refractivity (Wildman–Crippen MR) is 144 cm³/mol. The third-order valence-electron chi connectivity index (χ3n) is 6.63. The van der Waals surface area contributed by atoms with Crippen LogP contribution in [0.2, 0.25) is 0 Å². The maximum absolute atomic E-state index is 6.07. The molecule has 2 rings (SSSR count). The van der Waals surface area contributed by atoms with E-state index < -0.39 is 0 Å². The summed E-state index contributed by atoms with van der Waals surface area (Å²) in [7, 11) is 9.09. The van der Waals surface area contributed by atoms with Crippen LogP contribution in [0.25, 0.3) is 0 Å². The Morgan fingerprint density at radius 2 is 1.12 bits per heavy atom. The minimum absolute atomic E-state index is 0.0618. The number of quaternary nitrogens is 2. The molecule has 2 atom stereocenters. The van der Waals surface area contributed by atoms with Gasteiger partial charge in [-0.2, -0.15) is 0 Å². The van der Waals surface area contributed by atoms with Crippen LogP contribution in [0, 0.1) is 10.8 Å². The van der Waals surface area contributed by atoms with Gasteiger partial charge in [0.1, 0.15) is 26.2 Å². The zero-order chi connectivity index (χ0) is 24.6. The molecule has 0 heterocycles. The van der Waals surface area contributed by atoms with Crippen molar-refractivity contribution in [1.82, 2.24) is 0 Å². The van der Waals surface area contributed by atoms with Crippen molar-refractivity contribution >= 4 is 0 Å². The van der Waals surface area contributed by atoms with Gasteiger partial charge in [-0.05, 0) is 13.8 Å². The summed E-state index contributed by atoms with van der Waals surface area (Å²) in [6.07, 6.45) is 26.1. The van der Waals surface area contributed by atoms with Crippen LogP contribution in [-0.4, -0.2) is 76.5 Å². The largest absolute Gasteiger partial charge is 0.370 e. The van der Waals surface area contributed by atoms with E-state index in [1.165, 1.54) is 11.1 Å². The van der Waals surface area contributed by atoms with Gasteiger partial charge in [0.15, 0.2) is 0 Å². The topological polar surface area (TPSA) is 9.23 Å². The third-order valence-corrected chi connectivity index (χ3v) is 6.63. The molecule has 33 heavy (non-hydrogen) atoms. The van der Waals surface area contributed by atoms with Gasteiger partial charge in [-0.1, -0.05) is 72.9 Å². The number of likely N-dealkylation sites (N-methyl/N-ethyl adjacent to an activating group) is 2. The van der Waals surface area contributed by atoms with E-state index in [2.05, 4.69) is 116 Å². The van der Waals surface area contributed by atoms with Crippen molar-refractivity contribution in [3.05, 3.63) is 97.2 Å². The minimum Gasteiger partial charge on any atom is -0.370 e. The van der Waals surface area contributed by atoms with Crippen molar-refractivity contribution in [2.45, 2.75) is 13.8 Å². The lowest BCUT2D eigenvalue weighted by Crippen LogP contribution is -2.45. The minimum atomic E-state index is -0.0618. The maximum atomic E-state index is 6.07. The van der Waals surface area contributed by atoms with E-state index in [9.17, 15) is 0 Å². The van der Waals surface area contributed by atoms with Gasteiger partial charge in [-0.15, -0.1) is 13.2 Å². The molecule has 0 aromatic rings. The zero-order valence-corrected chi connectivity index (χ0v) is 21.9. The lowest BCUT2D eigenvalue weighted by Gasteiger charge is -2.32. The second-order valence-electron chi connectivity index (χ2n) is 11.3. The quantitative estimate of drug-likeness (QED) is 0.212. The van der Waals surface area contributed by atoms with Crippen LogP contribution < -0.4 is 0 Å². The first-order valence-corrected chi connectivity index (χ1v) is 12.0. The van der Waals surface area contributed by atoms with Crippen LogP contribution in [0.4, 0.5) is 0 Å². The molecule has 3 nitrogen and oxygen atoms in total. The number of hydrogen-bond acceptors (Lipinski definition) is 1. The van der Waals surface area contributed by atoms with E-state index in [4.69, 9.17) is 4.74 Å². The number of hydrogen-bond donors (Lipinski definition) is 0. The van der Waals surface area contributed by atoms with E-state index in [0.717, 1.165) is 48.4 Å². The molecular weight excluding hydrogens is 404 g/mol. The lowest BCUT2D eigenvalue weighted by atomic mass is 9.90. The molecule has 180 valence electrons. The van der Waals surface area contributed by atoms with E-state index in [1.807, 2.05) is 12.2 Å². The Kier molecular flexibility index (Phi) is 9.25. The first-order valence-electron chi connectivity index (χ1n) is 12.0. The average Bonchev–Trinajstić information content (AvgIpc) is 3.04. The van der Waals surface area contributed by atoms with Gasteiger partial charge in [0.05, 0.1) is 41.4 Å². The van der Waals surface area contributed by atoms with E-state index in [1.54, 1.807) is 0 Å². The molecule has 0 bridgehead atoms. The van der Waals surface area contributed by atoms with Gasteiger partial charge in [0, 0.05) is 22.0 Å². The lowest BCUT2D eigenvalue weighted by molar-refractivity contribution is -0.889. The molecule has 0 saturated carbocycles. The fourth-order valence-electron chi connectivity index (χ4n) is 3.91. The molecule has 0 N–H and O–H groups in total. The van der Waals surface area contributed by atoms with Gasteiger partial charge < -0.3 is 13.7 Å². The fourth-order valence-corrected chi connectivity index (χ4v) is 3.91. The first kappa shape index (κ1) is 27.0. The van der Waals surface area contributed by atoms with Crippen LogP contribution in [-0.2, 0) is 4.74 Å². The molecule has 2 unspecified atom stereocenters. The summed E-state index contributed by atoms with van der Waals surface area (Å²) in [5, 5.41) is 0. The molecule has 0 radical (unpaired) electrons. The Balaban J connectivity index is 1.75. The Hall–Kier alpha value is -2.20. The highest BCUT2D eigenvalue weighted by Crippen LogP contribution is 2.26. The highest BCUT2D eigenvalue weighted by atomic mass is 16.5. The summed E-state index contributed by atoms with van der Waals surface area (Å²) in [6.45, 7) is 17.7.